The van der Waals surface area contributed by atoms with Crippen LogP contribution in [0.3, 0.4) is 0 Å². The molecule has 0 radical (unpaired) electrons. The number of carbonyl (C=O) groups is 1. The lowest BCUT2D eigenvalue weighted by Gasteiger charge is -2.34. The molecule has 0 saturated carbocycles. The quantitative estimate of drug-likeness (QED) is 0.807. The van der Waals surface area contributed by atoms with Crippen LogP contribution in [-0.4, -0.2) is 61.6 Å². The molecule has 5 heteroatoms. The first-order valence-corrected chi connectivity index (χ1v) is 11.3. The van der Waals surface area contributed by atoms with Gasteiger partial charge in [0.1, 0.15) is 0 Å². The predicted octanol–water partition coefficient (Wildman–Crippen LogP) is 3.45. The maximum absolute atomic E-state index is 13.0. The molecule has 26 heavy (non-hydrogen) atoms. The Labute approximate surface area is 161 Å². The molecule has 4 nitrogen and oxygen atoms in total. The highest BCUT2D eigenvalue weighted by atomic mass is 32.1. The van der Waals surface area contributed by atoms with Gasteiger partial charge in [0.25, 0.3) is 5.91 Å². The fourth-order valence-electron chi connectivity index (χ4n) is 4.64. The van der Waals surface area contributed by atoms with E-state index in [0.717, 1.165) is 69.6 Å². The molecule has 3 heterocycles. The molecule has 0 spiro atoms. The number of thiophene rings is 1. The first-order chi connectivity index (χ1) is 12.7. The van der Waals surface area contributed by atoms with Crippen molar-refractivity contribution >= 4 is 17.2 Å². The molecule has 144 valence electrons. The normalized spacial score (nSPS) is 25.3. The monoisotopic (exact) mass is 376 g/mol. The van der Waals surface area contributed by atoms with Crippen LogP contribution in [0.2, 0.25) is 0 Å². The molecule has 0 aromatic carbocycles. The summed E-state index contributed by atoms with van der Waals surface area (Å²) in [4.78, 5) is 19.1. The third-order valence-corrected chi connectivity index (χ3v) is 7.54. The van der Waals surface area contributed by atoms with Crippen molar-refractivity contribution < 1.29 is 9.53 Å². The number of nitrogens with zero attached hydrogens (tertiary/aromatic N) is 2. The van der Waals surface area contributed by atoms with Gasteiger partial charge in [-0.15, -0.1) is 11.3 Å². The van der Waals surface area contributed by atoms with E-state index in [4.69, 9.17) is 4.74 Å². The van der Waals surface area contributed by atoms with Gasteiger partial charge >= 0.3 is 0 Å². The van der Waals surface area contributed by atoms with E-state index in [1.54, 1.807) is 0 Å². The molecule has 0 N–H and O–H groups in total. The Kier molecular flexibility index (Phi) is 5.97. The van der Waals surface area contributed by atoms with E-state index < -0.39 is 0 Å². The van der Waals surface area contributed by atoms with Gasteiger partial charge in [-0.3, -0.25) is 9.69 Å². The number of hydrogen-bond donors (Lipinski definition) is 0. The molecule has 1 aromatic heterocycles. The van der Waals surface area contributed by atoms with E-state index in [1.807, 2.05) is 11.3 Å². The first kappa shape index (κ1) is 18.5. The Hall–Kier alpha value is -0.910. The van der Waals surface area contributed by atoms with Gasteiger partial charge in [-0.25, -0.2) is 0 Å². The molecule has 1 aromatic rings. The Bertz CT molecular complexity index is 616. The van der Waals surface area contributed by atoms with Crippen molar-refractivity contribution in [1.82, 2.24) is 9.80 Å². The van der Waals surface area contributed by atoms with E-state index in [2.05, 4.69) is 22.1 Å². The van der Waals surface area contributed by atoms with Crippen LogP contribution in [0.4, 0.5) is 0 Å². The molecule has 2 saturated heterocycles. The summed E-state index contributed by atoms with van der Waals surface area (Å²) in [5, 5.41) is 2.13. The minimum atomic E-state index is 0.295. The Balaban J connectivity index is 1.27. The standard InChI is InChI=1S/C21H32N2O2S/c1-16-2-3-18-19(15-26-20(18)14-16)21(24)23-8-5-17(6-9-23)4-7-22-10-12-25-13-11-22/h15-17H,2-14H2,1H3. The van der Waals surface area contributed by atoms with Gasteiger partial charge in [0, 0.05) is 36.4 Å². The van der Waals surface area contributed by atoms with E-state index >= 15 is 0 Å². The second-order valence-electron chi connectivity index (χ2n) is 8.38. The molecule has 2 fully saturated rings. The average Bonchev–Trinajstić information content (AvgIpc) is 3.10. The summed E-state index contributed by atoms with van der Waals surface area (Å²) in [6.45, 7) is 9.33. The number of fused-ring (bicyclic) bond motifs is 1. The Morgan fingerprint density at radius 3 is 2.73 bits per heavy atom. The van der Waals surface area contributed by atoms with Crippen LogP contribution >= 0.6 is 11.3 Å². The second kappa shape index (κ2) is 8.41. The summed E-state index contributed by atoms with van der Waals surface area (Å²) in [5.41, 5.74) is 2.39. The van der Waals surface area contributed by atoms with Crippen LogP contribution in [0.1, 0.15) is 53.4 Å². The molecule has 1 amide bonds. The number of hydrogen-bond acceptors (Lipinski definition) is 4. The lowest BCUT2D eigenvalue weighted by Crippen LogP contribution is -2.41. The van der Waals surface area contributed by atoms with Crippen molar-refractivity contribution in [3.63, 3.8) is 0 Å². The number of ether oxygens (including phenoxy) is 1. The van der Waals surface area contributed by atoms with Gasteiger partial charge in [0.05, 0.1) is 18.8 Å². The molecule has 0 bridgehead atoms. The van der Waals surface area contributed by atoms with Crippen LogP contribution in [0.5, 0.6) is 0 Å². The molecule has 1 aliphatic carbocycles. The first-order valence-electron chi connectivity index (χ1n) is 10.4. The molecular weight excluding hydrogens is 344 g/mol. The Morgan fingerprint density at radius 1 is 1.19 bits per heavy atom. The van der Waals surface area contributed by atoms with Gasteiger partial charge in [0.15, 0.2) is 0 Å². The lowest BCUT2D eigenvalue weighted by molar-refractivity contribution is 0.0332. The summed E-state index contributed by atoms with van der Waals surface area (Å²) in [7, 11) is 0. The van der Waals surface area contributed by atoms with Gasteiger partial charge in [0.2, 0.25) is 0 Å². The fourth-order valence-corrected chi connectivity index (χ4v) is 5.88. The van der Waals surface area contributed by atoms with Crippen LogP contribution in [0.15, 0.2) is 5.38 Å². The zero-order valence-corrected chi connectivity index (χ0v) is 16.9. The molecular formula is C21H32N2O2S. The van der Waals surface area contributed by atoms with Gasteiger partial charge in [-0.1, -0.05) is 6.92 Å². The predicted molar refractivity (Wildman–Crippen MR) is 106 cm³/mol. The zero-order valence-electron chi connectivity index (χ0n) is 16.0. The van der Waals surface area contributed by atoms with E-state index in [9.17, 15) is 4.79 Å². The van der Waals surface area contributed by atoms with E-state index in [0.29, 0.717) is 5.91 Å². The van der Waals surface area contributed by atoms with Gasteiger partial charge in [-0.2, -0.15) is 0 Å². The van der Waals surface area contributed by atoms with Gasteiger partial charge in [-0.05, 0) is 62.5 Å². The number of morpholine rings is 1. The van der Waals surface area contributed by atoms with Crippen molar-refractivity contribution in [1.29, 1.82) is 0 Å². The number of piperidine rings is 1. The third-order valence-electron chi connectivity index (χ3n) is 6.49. The second-order valence-corrected chi connectivity index (χ2v) is 9.34. The molecule has 2 aliphatic heterocycles. The highest BCUT2D eigenvalue weighted by Crippen LogP contribution is 2.34. The number of amides is 1. The van der Waals surface area contributed by atoms with Crippen molar-refractivity contribution in [2.24, 2.45) is 11.8 Å². The number of likely N-dealkylation sites (tertiary alicyclic amines) is 1. The minimum absolute atomic E-state index is 0.295. The van der Waals surface area contributed by atoms with E-state index in [-0.39, 0.29) is 0 Å². The van der Waals surface area contributed by atoms with Crippen molar-refractivity contribution in [2.75, 3.05) is 45.9 Å². The highest BCUT2D eigenvalue weighted by molar-refractivity contribution is 7.10. The largest absolute Gasteiger partial charge is 0.379 e. The van der Waals surface area contributed by atoms with Crippen LogP contribution in [0, 0.1) is 11.8 Å². The summed E-state index contributed by atoms with van der Waals surface area (Å²) in [6, 6.07) is 0. The van der Waals surface area contributed by atoms with Crippen LogP contribution < -0.4 is 0 Å². The number of carbonyl (C=O) groups excluding carboxylic acids is 1. The zero-order chi connectivity index (χ0) is 17.9. The van der Waals surface area contributed by atoms with Gasteiger partial charge < -0.3 is 9.64 Å². The van der Waals surface area contributed by atoms with Crippen molar-refractivity contribution in [3.8, 4) is 0 Å². The molecule has 4 rings (SSSR count). The van der Waals surface area contributed by atoms with Crippen molar-refractivity contribution in [3.05, 3.63) is 21.4 Å². The Morgan fingerprint density at radius 2 is 1.96 bits per heavy atom. The summed E-state index contributed by atoms with van der Waals surface area (Å²) < 4.78 is 5.43. The van der Waals surface area contributed by atoms with Crippen LogP contribution in [0.25, 0.3) is 0 Å². The maximum atomic E-state index is 13.0. The van der Waals surface area contributed by atoms with E-state index in [1.165, 1.54) is 42.7 Å². The summed E-state index contributed by atoms with van der Waals surface area (Å²) >= 11 is 1.81. The minimum Gasteiger partial charge on any atom is -0.379 e. The molecule has 3 aliphatic rings. The highest BCUT2D eigenvalue weighted by Gasteiger charge is 2.28. The van der Waals surface area contributed by atoms with Crippen molar-refractivity contribution in [2.45, 2.75) is 45.4 Å². The fraction of sp³-hybridized carbons (Fsp3) is 0.762. The average molecular weight is 377 g/mol. The number of rotatable bonds is 4. The summed E-state index contributed by atoms with van der Waals surface area (Å²) in [5.74, 6) is 1.84. The topological polar surface area (TPSA) is 32.8 Å². The third kappa shape index (κ3) is 4.15. The van der Waals surface area contributed by atoms with Crippen LogP contribution in [-0.2, 0) is 17.6 Å². The summed E-state index contributed by atoms with van der Waals surface area (Å²) in [6.07, 6.45) is 7.09. The smallest absolute Gasteiger partial charge is 0.254 e. The maximum Gasteiger partial charge on any atom is 0.254 e. The SMILES string of the molecule is CC1CCc2c(C(=O)N3CCC(CCN4CCOCC4)CC3)csc2C1. The lowest BCUT2D eigenvalue weighted by atomic mass is 9.88. The molecule has 1 atom stereocenters. The molecule has 1 unspecified atom stereocenters.